The summed E-state index contributed by atoms with van der Waals surface area (Å²) in [7, 11) is 0. The van der Waals surface area contributed by atoms with Gasteiger partial charge in [-0.3, -0.25) is 9.59 Å². The standard InChI is InChI=1S/C17H28N2O6/c20-15(18-6-5-17(22)4-1-9-24-12-17)13-2-3-14(25-13)16(21)19-7-10-23-11-8-19/h13-14,22H,1-12H2,(H,18,20)/t13-,14+,17?/m0/s1. The second kappa shape index (κ2) is 8.44. The van der Waals surface area contributed by atoms with E-state index in [1.807, 2.05) is 0 Å². The van der Waals surface area contributed by atoms with Crippen LogP contribution in [-0.2, 0) is 23.8 Å². The van der Waals surface area contributed by atoms with E-state index in [0.29, 0.717) is 71.7 Å². The average Bonchev–Trinajstić information content (AvgIpc) is 3.12. The maximum atomic E-state index is 12.4. The molecule has 0 saturated carbocycles. The van der Waals surface area contributed by atoms with Crippen molar-refractivity contribution in [1.82, 2.24) is 10.2 Å². The van der Waals surface area contributed by atoms with E-state index >= 15 is 0 Å². The lowest BCUT2D eigenvalue weighted by atomic mass is 9.93. The van der Waals surface area contributed by atoms with Crippen molar-refractivity contribution >= 4 is 11.8 Å². The van der Waals surface area contributed by atoms with Crippen molar-refractivity contribution in [2.75, 3.05) is 46.1 Å². The Kier molecular flexibility index (Phi) is 6.27. The van der Waals surface area contributed by atoms with Crippen LogP contribution in [0.2, 0.25) is 0 Å². The molecule has 3 rings (SSSR count). The maximum absolute atomic E-state index is 12.4. The van der Waals surface area contributed by atoms with Crippen molar-refractivity contribution in [1.29, 1.82) is 0 Å². The molecule has 3 heterocycles. The normalized spacial score (nSPS) is 33.2. The quantitative estimate of drug-likeness (QED) is 0.685. The third kappa shape index (κ3) is 4.91. The van der Waals surface area contributed by atoms with Gasteiger partial charge in [-0.2, -0.15) is 0 Å². The molecule has 142 valence electrons. The van der Waals surface area contributed by atoms with Crippen LogP contribution in [0.1, 0.15) is 32.1 Å². The van der Waals surface area contributed by atoms with Gasteiger partial charge in [0, 0.05) is 26.2 Å². The molecule has 3 aliphatic heterocycles. The van der Waals surface area contributed by atoms with Gasteiger partial charge in [0.05, 0.1) is 25.4 Å². The number of nitrogens with one attached hydrogen (secondary N) is 1. The molecule has 0 aromatic heterocycles. The molecule has 1 unspecified atom stereocenters. The van der Waals surface area contributed by atoms with E-state index in [4.69, 9.17) is 14.2 Å². The van der Waals surface area contributed by atoms with Crippen molar-refractivity contribution in [3.05, 3.63) is 0 Å². The predicted octanol–water partition coefficient (Wildman–Crippen LogP) is -0.559. The molecule has 2 N–H and O–H groups in total. The van der Waals surface area contributed by atoms with Gasteiger partial charge in [0.25, 0.3) is 5.91 Å². The van der Waals surface area contributed by atoms with Gasteiger partial charge in [0.1, 0.15) is 12.2 Å². The number of carbonyl (C=O) groups excluding carboxylic acids is 2. The minimum absolute atomic E-state index is 0.0488. The minimum Gasteiger partial charge on any atom is -0.387 e. The van der Waals surface area contributed by atoms with Gasteiger partial charge >= 0.3 is 0 Å². The van der Waals surface area contributed by atoms with Crippen LogP contribution in [0.4, 0.5) is 0 Å². The number of aliphatic hydroxyl groups is 1. The number of rotatable bonds is 5. The van der Waals surface area contributed by atoms with Crippen LogP contribution >= 0.6 is 0 Å². The van der Waals surface area contributed by atoms with E-state index < -0.39 is 17.8 Å². The SMILES string of the molecule is O=C(NCCC1(O)CCCOC1)[C@@H]1CC[C@H](C(=O)N2CCOCC2)O1. The summed E-state index contributed by atoms with van der Waals surface area (Å²) in [6.07, 6.45) is 1.96. The summed E-state index contributed by atoms with van der Waals surface area (Å²) in [6.45, 7) is 3.64. The Bertz CT molecular complexity index is 474. The molecule has 3 fully saturated rings. The Morgan fingerprint density at radius 3 is 2.60 bits per heavy atom. The fraction of sp³-hybridized carbons (Fsp3) is 0.882. The van der Waals surface area contributed by atoms with Crippen LogP contribution in [-0.4, -0.2) is 85.7 Å². The first-order valence-electron chi connectivity index (χ1n) is 9.17. The summed E-state index contributed by atoms with van der Waals surface area (Å²) in [5.74, 6) is -0.259. The fourth-order valence-corrected chi connectivity index (χ4v) is 3.57. The highest BCUT2D eigenvalue weighted by atomic mass is 16.5. The minimum atomic E-state index is -0.850. The van der Waals surface area contributed by atoms with Crippen LogP contribution in [0, 0.1) is 0 Å². The Hall–Kier alpha value is -1.22. The molecule has 8 heteroatoms. The molecule has 0 spiro atoms. The molecule has 3 aliphatic rings. The largest absolute Gasteiger partial charge is 0.387 e. The van der Waals surface area contributed by atoms with Gasteiger partial charge in [-0.25, -0.2) is 0 Å². The summed E-state index contributed by atoms with van der Waals surface area (Å²) in [5, 5.41) is 13.2. The Morgan fingerprint density at radius 2 is 1.88 bits per heavy atom. The van der Waals surface area contributed by atoms with Crippen LogP contribution in [0.25, 0.3) is 0 Å². The van der Waals surface area contributed by atoms with Crippen LogP contribution in [0.15, 0.2) is 0 Å². The molecular weight excluding hydrogens is 328 g/mol. The Labute approximate surface area is 147 Å². The summed E-state index contributed by atoms with van der Waals surface area (Å²) in [5.41, 5.74) is -0.850. The number of nitrogens with zero attached hydrogens (tertiary/aromatic N) is 1. The van der Waals surface area contributed by atoms with E-state index in [0.717, 1.165) is 6.42 Å². The van der Waals surface area contributed by atoms with E-state index in [9.17, 15) is 14.7 Å². The number of amides is 2. The van der Waals surface area contributed by atoms with Crippen molar-refractivity contribution in [3.8, 4) is 0 Å². The van der Waals surface area contributed by atoms with Crippen LogP contribution in [0.5, 0.6) is 0 Å². The predicted molar refractivity (Wildman–Crippen MR) is 87.9 cm³/mol. The van der Waals surface area contributed by atoms with Crippen molar-refractivity contribution in [2.24, 2.45) is 0 Å². The highest BCUT2D eigenvalue weighted by Gasteiger charge is 2.37. The van der Waals surface area contributed by atoms with E-state index in [1.54, 1.807) is 4.90 Å². The lowest BCUT2D eigenvalue weighted by molar-refractivity contribution is -0.149. The lowest BCUT2D eigenvalue weighted by Gasteiger charge is -2.32. The van der Waals surface area contributed by atoms with E-state index in [-0.39, 0.29) is 11.8 Å². The number of morpholine rings is 1. The van der Waals surface area contributed by atoms with Gasteiger partial charge in [-0.15, -0.1) is 0 Å². The average molecular weight is 356 g/mol. The van der Waals surface area contributed by atoms with Crippen LogP contribution in [0.3, 0.4) is 0 Å². The Balaban J connectivity index is 1.39. The van der Waals surface area contributed by atoms with Gasteiger partial charge in [-0.1, -0.05) is 0 Å². The summed E-state index contributed by atoms with van der Waals surface area (Å²) < 4.78 is 16.2. The fourth-order valence-electron chi connectivity index (χ4n) is 3.57. The van der Waals surface area contributed by atoms with Gasteiger partial charge in [0.15, 0.2) is 0 Å². The molecule has 0 aliphatic carbocycles. The molecule has 3 saturated heterocycles. The first-order valence-corrected chi connectivity index (χ1v) is 9.17. The zero-order valence-electron chi connectivity index (χ0n) is 14.6. The molecular formula is C17H28N2O6. The third-order valence-electron chi connectivity index (χ3n) is 5.10. The van der Waals surface area contributed by atoms with Crippen LogP contribution < -0.4 is 5.32 Å². The van der Waals surface area contributed by atoms with Gasteiger partial charge < -0.3 is 29.5 Å². The molecule has 2 amide bonds. The molecule has 0 radical (unpaired) electrons. The zero-order valence-corrected chi connectivity index (χ0v) is 14.6. The molecule has 25 heavy (non-hydrogen) atoms. The topological polar surface area (TPSA) is 97.3 Å². The number of hydrogen-bond acceptors (Lipinski definition) is 6. The molecule has 3 atom stereocenters. The highest BCUT2D eigenvalue weighted by molar-refractivity contribution is 5.85. The molecule has 0 aromatic carbocycles. The first-order chi connectivity index (χ1) is 12.1. The number of carbonyl (C=O) groups is 2. The summed E-state index contributed by atoms with van der Waals surface area (Å²) in [4.78, 5) is 26.4. The second-order valence-corrected chi connectivity index (χ2v) is 7.05. The van der Waals surface area contributed by atoms with E-state index in [1.165, 1.54) is 0 Å². The van der Waals surface area contributed by atoms with Gasteiger partial charge in [0.2, 0.25) is 5.91 Å². The number of hydrogen-bond donors (Lipinski definition) is 2. The smallest absolute Gasteiger partial charge is 0.251 e. The summed E-state index contributed by atoms with van der Waals surface area (Å²) >= 11 is 0. The second-order valence-electron chi connectivity index (χ2n) is 7.05. The van der Waals surface area contributed by atoms with Crippen molar-refractivity contribution < 1.29 is 28.9 Å². The molecule has 0 aromatic rings. The third-order valence-corrected chi connectivity index (χ3v) is 5.10. The van der Waals surface area contributed by atoms with Crippen molar-refractivity contribution in [2.45, 2.75) is 49.9 Å². The zero-order chi connectivity index (χ0) is 17.7. The molecule has 8 nitrogen and oxygen atoms in total. The monoisotopic (exact) mass is 356 g/mol. The summed E-state index contributed by atoms with van der Waals surface area (Å²) in [6, 6.07) is 0. The first kappa shape index (κ1) is 18.6. The Morgan fingerprint density at radius 1 is 1.12 bits per heavy atom. The maximum Gasteiger partial charge on any atom is 0.251 e. The molecule has 0 bridgehead atoms. The van der Waals surface area contributed by atoms with Crippen molar-refractivity contribution in [3.63, 3.8) is 0 Å². The van der Waals surface area contributed by atoms with Gasteiger partial charge in [-0.05, 0) is 32.1 Å². The highest BCUT2D eigenvalue weighted by Crippen LogP contribution is 2.24. The lowest BCUT2D eigenvalue weighted by Crippen LogP contribution is -2.46. The number of ether oxygens (including phenoxy) is 3. The van der Waals surface area contributed by atoms with E-state index in [2.05, 4.69) is 5.32 Å².